The molecule has 0 aliphatic heterocycles. The van der Waals surface area contributed by atoms with Crippen LogP contribution < -0.4 is 10.1 Å². The topological polar surface area (TPSA) is 58.6 Å². The van der Waals surface area contributed by atoms with Gasteiger partial charge >= 0.3 is 0 Å². The van der Waals surface area contributed by atoms with Crippen LogP contribution in [0.2, 0.25) is 0 Å². The molecule has 0 heterocycles. The van der Waals surface area contributed by atoms with Crippen LogP contribution in [0.3, 0.4) is 0 Å². The van der Waals surface area contributed by atoms with E-state index < -0.39 is 6.04 Å². The molecular weight excluding hydrogens is 388 g/mol. The number of hydrogen-bond acceptors (Lipinski definition) is 3. The molecule has 166 valence electrons. The molecule has 1 unspecified atom stereocenters. The first kappa shape index (κ1) is 22.9. The second kappa shape index (κ2) is 11.0. The second-order valence-corrected chi connectivity index (χ2v) is 8.63. The average Bonchev–Trinajstić information content (AvgIpc) is 2.77. The molecule has 1 N–H and O–H groups in total. The Hall–Kier alpha value is -2.82. The molecule has 31 heavy (non-hydrogen) atoms. The van der Waals surface area contributed by atoms with E-state index in [1.807, 2.05) is 62.4 Å². The van der Waals surface area contributed by atoms with Gasteiger partial charge in [0, 0.05) is 12.6 Å². The molecule has 1 fully saturated rings. The Labute approximate surface area is 185 Å². The van der Waals surface area contributed by atoms with Gasteiger partial charge in [-0.05, 0) is 56.9 Å². The van der Waals surface area contributed by atoms with Crippen LogP contribution in [0.5, 0.6) is 5.75 Å². The predicted molar refractivity (Wildman–Crippen MR) is 123 cm³/mol. The Bertz CT molecular complexity index is 872. The zero-order valence-electron chi connectivity index (χ0n) is 18.9. The Morgan fingerprint density at radius 1 is 1.03 bits per heavy atom. The van der Waals surface area contributed by atoms with Gasteiger partial charge in [0.15, 0.2) is 6.61 Å². The van der Waals surface area contributed by atoms with Crippen LogP contribution in [0, 0.1) is 13.8 Å². The summed E-state index contributed by atoms with van der Waals surface area (Å²) in [6, 6.07) is 15.3. The molecule has 0 saturated heterocycles. The highest BCUT2D eigenvalue weighted by Gasteiger charge is 2.28. The highest BCUT2D eigenvalue weighted by atomic mass is 16.5. The third-order valence-electron chi connectivity index (χ3n) is 5.94. The van der Waals surface area contributed by atoms with Crippen molar-refractivity contribution in [3.05, 3.63) is 65.2 Å². The standard InChI is InChI=1S/C26H34N2O3/c1-19-12-14-22(15-13-19)17-28(21(3)26(30)27-23-9-5-4-6-10-23)25(29)18-31-24-11-7-8-20(2)16-24/h7-8,11-16,21,23H,4-6,9-10,17-18H2,1-3H3,(H,27,30). The van der Waals surface area contributed by atoms with Crippen LogP contribution >= 0.6 is 0 Å². The molecule has 1 aliphatic carbocycles. The van der Waals surface area contributed by atoms with Gasteiger partial charge < -0.3 is 15.0 Å². The van der Waals surface area contributed by atoms with E-state index >= 15 is 0 Å². The van der Waals surface area contributed by atoms with E-state index in [0.717, 1.165) is 42.4 Å². The van der Waals surface area contributed by atoms with Gasteiger partial charge in [-0.1, -0.05) is 61.2 Å². The first-order valence-corrected chi connectivity index (χ1v) is 11.3. The smallest absolute Gasteiger partial charge is 0.261 e. The lowest BCUT2D eigenvalue weighted by Gasteiger charge is -2.31. The SMILES string of the molecule is Cc1ccc(CN(C(=O)COc2cccc(C)c2)C(C)C(=O)NC2CCCCC2)cc1. The van der Waals surface area contributed by atoms with Gasteiger partial charge in [0.25, 0.3) is 5.91 Å². The van der Waals surface area contributed by atoms with E-state index in [-0.39, 0.29) is 24.5 Å². The molecule has 0 bridgehead atoms. The minimum atomic E-state index is -0.572. The van der Waals surface area contributed by atoms with Crippen molar-refractivity contribution >= 4 is 11.8 Å². The first-order chi connectivity index (χ1) is 14.9. The van der Waals surface area contributed by atoms with E-state index in [2.05, 4.69) is 5.32 Å². The summed E-state index contributed by atoms with van der Waals surface area (Å²) in [5.74, 6) is 0.360. The quantitative estimate of drug-likeness (QED) is 0.679. The monoisotopic (exact) mass is 422 g/mol. The van der Waals surface area contributed by atoms with Crippen molar-refractivity contribution in [2.45, 2.75) is 71.5 Å². The summed E-state index contributed by atoms with van der Waals surface area (Å²) in [5.41, 5.74) is 3.22. The van der Waals surface area contributed by atoms with Crippen molar-refractivity contribution in [1.82, 2.24) is 10.2 Å². The van der Waals surface area contributed by atoms with Crippen molar-refractivity contribution in [2.75, 3.05) is 6.61 Å². The zero-order chi connectivity index (χ0) is 22.2. The molecule has 5 nitrogen and oxygen atoms in total. The minimum Gasteiger partial charge on any atom is -0.484 e. The van der Waals surface area contributed by atoms with Gasteiger partial charge in [0.1, 0.15) is 11.8 Å². The number of aryl methyl sites for hydroxylation is 2. The van der Waals surface area contributed by atoms with E-state index in [0.29, 0.717) is 12.3 Å². The van der Waals surface area contributed by atoms with Crippen molar-refractivity contribution in [3.63, 3.8) is 0 Å². The normalized spacial score (nSPS) is 15.2. The summed E-state index contributed by atoms with van der Waals surface area (Å²) in [4.78, 5) is 27.7. The van der Waals surface area contributed by atoms with Crippen molar-refractivity contribution in [3.8, 4) is 5.75 Å². The molecule has 0 radical (unpaired) electrons. The fourth-order valence-electron chi connectivity index (χ4n) is 3.97. The number of hydrogen-bond donors (Lipinski definition) is 1. The molecule has 1 atom stereocenters. The Morgan fingerprint density at radius 3 is 2.42 bits per heavy atom. The lowest BCUT2D eigenvalue weighted by Crippen LogP contribution is -2.51. The molecule has 1 saturated carbocycles. The third-order valence-corrected chi connectivity index (χ3v) is 5.94. The van der Waals surface area contributed by atoms with E-state index in [9.17, 15) is 9.59 Å². The number of carbonyl (C=O) groups is 2. The Balaban J connectivity index is 1.70. The molecule has 5 heteroatoms. The predicted octanol–water partition coefficient (Wildman–Crippen LogP) is 4.55. The third kappa shape index (κ3) is 6.84. The van der Waals surface area contributed by atoms with Crippen molar-refractivity contribution < 1.29 is 14.3 Å². The number of rotatable bonds is 8. The van der Waals surface area contributed by atoms with Crippen LogP contribution in [0.15, 0.2) is 48.5 Å². The Kier molecular flexibility index (Phi) is 8.10. The van der Waals surface area contributed by atoms with Crippen molar-refractivity contribution in [1.29, 1.82) is 0 Å². The van der Waals surface area contributed by atoms with E-state index in [1.165, 1.54) is 6.42 Å². The highest BCUT2D eigenvalue weighted by Crippen LogP contribution is 2.19. The van der Waals surface area contributed by atoms with Crippen molar-refractivity contribution in [2.24, 2.45) is 0 Å². The molecule has 3 rings (SSSR count). The van der Waals surface area contributed by atoms with Crippen LogP contribution in [0.25, 0.3) is 0 Å². The number of amides is 2. The molecule has 0 aromatic heterocycles. The maximum Gasteiger partial charge on any atom is 0.261 e. The number of carbonyl (C=O) groups excluding carboxylic acids is 2. The maximum atomic E-state index is 13.1. The zero-order valence-corrected chi connectivity index (χ0v) is 18.9. The summed E-state index contributed by atoms with van der Waals surface area (Å²) < 4.78 is 5.74. The highest BCUT2D eigenvalue weighted by molar-refractivity contribution is 5.88. The minimum absolute atomic E-state index is 0.0945. The largest absolute Gasteiger partial charge is 0.484 e. The lowest BCUT2D eigenvalue weighted by atomic mass is 9.95. The molecule has 2 amide bonds. The number of nitrogens with zero attached hydrogens (tertiary/aromatic N) is 1. The number of ether oxygens (including phenoxy) is 1. The van der Waals surface area contributed by atoms with Crippen LogP contribution in [-0.2, 0) is 16.1 Å². The number of benzene rings is 2. The average molecular weight is 423 g/mol. The van der Waals surface area contributed by atoms with E-state index in [1.54, 1.807) is 11.8 Å². The maximum absolute atomic E-state index is 13.1. The van der Waals surface area contributed by atoms with Gasteiger partial charge in [-0.15, -0.1) is 0 Å². The molecular formula is C26H34N2O3. The van der Waals surface area contributed by atoms with Crippen LogP contribution in [0.1, 0.15) is 55.7 Å². The van der Waals surface area contributed by atoms with Crippen LogP contribution in [-0.4, -0.2) is 35.4 Å². The number of nitrogens with one attached hydrogen (secondary N) is 1. The summed E-state index contributed by atoms with van der Waals surface area (Å²) >= 11 is 0. The van der Waals surface area contributed by atoms with E-state index in [4.69, 9.17) is 4.74 Å². The summed E-state index contributed by atoms with van der Waals surface area (Å²) in [6.07, 6.45) is 5.56. The first-order valence-electron chi connectivity index (χ1n) is 11.3. The molecule has 0 spiro atoms. The Morgan fingerprint density at radius 2 is 1.74 bits per heavy atom. The molecule has 2 aromatic carbocycles. The van der Waals surface area contributed by atoms with Gasteiger partial charge in [-0.25, -0.2) is 0 Å². The van der Waals surface area contributed by atoms with Gasteiger partial charge in [-0.3, -0.25) is 9.59 Å². The van der Waals surface area contributed by atoms with Crippen LogP contribution in [0.4, 0.5) is 0 Å². The fourth-order valence-corrected chi connectivity index (χ4v) is 3.97. The van der Waals surface area contributed by atoms with Gasteiger partial charge in [0.2, 0.25) is 5.91 Å². The molecule has 1 aliphatic rings. The fraction of sp³-hybridized carbons (Fsp3) is 0.462. The lowest BCUT2D eigenvalue weighted by molar-refractivity contribution is -0.142. The van der Waals surface area contributed by atoms with Gasteiger partial charge in [0.05, 0.1) is 0 Å². The summed E-state index contributed by atoms with van der Waals surface area (Å²) in [6.45, 7) is 6.08. The summed E-state index contributed by atoms with van der Waals surface area (Å²) in [5, 5.41) is 3.16. The molecule has 2 aromatic rings. The summed E-state index contributed by atoms with van der Waals surface area (Å²) in [7, 11) is 0. The van der Waals surface area contributed by atoms with Gasteiger partial charge in [-0.2, -0.15) is 0 Å². The second-order valence-electron chi connectivity index (χ2n) is 8.63.